The lowest BCUT2D eigenvalue weighted by Gasteiger charge is -2.28. The van der Waals surface area contributed by atoms with E-state index in [1.54, 1.807) is 32.0 Å². The summed E-state index contributed by atoms with van der Waals surface area (Å²) >= 11 is 0. The van der Waals surface area contributed by atoms with E-state index in [1.165, 1.54) is 13.0 Å². The number of hydrogen-bond donors (Lipinski definition) is 3. The standard InChI is InChI=1S/C17H20N2O5/c1-8(2)19-14(21)11-12(15(19)22)17(3,16(23)24)18-13(11)9-6-4-5-7-10(9)20/h4-8,11-13,18,20H,1-3H3,(H,23,24)/t11-,12+,13-,17+/m0/s1. The first-order valence-corrected chi connectivity index (χ1v) is 7.86. The number of carboxylic acid groups (broad SMARTS) is 1. The molecule has 3 rings (SSSR count). The third-order valence-electron chi connectivity index (χ3n) is 5.05. The Morgan fingerprint density at radius 3 is 2.42 bits per heavy atom. The van der Waals surface area contributed by atoms with Crippen molar-refractivity contribution in [3.8, 4) is 5.75 Å². The van der Waals surface area contributed by atoms with Gasteiger partial charge in [-0.2, -0.15) is 0 Å². The summed E-state index contributed by atoms with van der Waals surface area (Å²) in [5.74, 6) is -3.96. The van der Waals surface area contributed by atoms with Crippen molar-refractivity contribution < 1.29 is 24.6 Å². The molecule has 7 heteroatoms. The molecule has 1 aromatic carbocycles. The van der Waals surface area contributed by atoms with Gasteiger partial charge in [0.1, 0.15) is 11.3 Å². The van der Waals surface area contributed by atoms with E-state index in [0.29, 0.717) is 5.56 Å². The molecule has 2 saturated heterocycles. The van der Waals surface area contributed by atoms with Gasteiger partial charge in [0.25, 0.3) is 0 Å². The van der Waals surface area contributed by atoms with E-state index in [2.05, 4.69) is 5.32 Å². The molecule has 2 aliphatic heterocycles. The van der Waals surface area contributed by atoms with Gasteiger partial charge >= 0.3 is 5.97 Å². The molecule has 0 spiro atoms. The first-order valence-electron chi connectivity index (χ1n) is 7.86. The van der Waals surface area contributed by atoms with Gasteiger partial charge < -0.3 is 10.2 Å². The summed E-state index contributed by atoms with van der Waals surface area (Å²) in [6, 6.07) is 5.36. The van der Waals surface area contributed by atoms with Gasteiger partial charge in [-0.25, -0.2) is 0 Å². The lowest BCUT2D eigenvalue weighted by atomic mass is 9.80. The second-order valence-corrected chi connectivity index (χ2v) is 6.83. The number of fused-ring (bicyclic) bond motifs is 1. The number of nitrogens with zero attached hydrogens (tertiary/aromatic N) is 1. The van der Waals surface area contributed by atoms with Crippen molar-refractivity contribution in [1.29, 1.82) is 0 Å². The zero-order valence-electron chi connectivity index (χ0n) is 13.7. The minimum atomic E-state index is -1.58. The van der Waals surface area contributed by atoms with Gasteiger partial charge in [-0.1, -0.05) is 18.2 Å². The molecule has 3 N–H and O–H groups in total. The summed E-state index contributed by atoms with van der Waals surface area (Å²) in [6.07, 6.45) is 0. The third-order valence-corrected chi connectivity index (χ3v) is 5.05. The number of carbonyl (C=O) groups excluding carboxylic acids is 2. The highest BCUT2D eigenvalue weighted by atomic mass is 16.4. The SMILES string of the molecule is CC(C)N1C(=O)[C@@H]2[C@H](c3ccccc3O)N[C@@](C)(C(=O)O)[C@H]2C1=O. The maximum atomic E-state index is 12.8. The molecule has 7 nitrogen and oxygen atoms in total. The fourth-order valence-corrected chi connectivity index (χ4v) is 3.88. The fourth-order valence-electron chi connectivity index (χ4n) is 3.88. The van der Waals surface area contributed by atoms with Crippen molar-refractivity contribution in [2.75, 3.05) is 0 Å². The normalized spacial score (nSPS) is 32.5. The number of hydrogen-bond acceptors (Lipinski definition) is 5. The molecule has 24 heavy (non-hydrogen) atoms. The number of para-hydroxylation sites is 1. The van der Waals surface area contributed by atoms with Crippen LogP contribution in [0, 0.1) is 11.8 Å². The number of carbonyl (C=O) groups is 3. The number of rotatable bonds is 3. The molecular weight excluding hydrogens is 312 g/mol. The van der Waals surface area contributed by atoms with Crippen LogP contribution in [0.1, 0.15) is 32.4 Å². The first kappa shape index (κ1) is 16.4. The van der Waals surface area contributed by atoms with Gasteiger partial charge in [0.15, 0.2) is 0 Å². The number of nitrogens with one attached hydrogen (secondary N) is 1. The topological polar surface area (TPSA) is 107 Å². The summed E-state index contributed by atoms with van der Waals surface area (Å²) in [6.45, 7) is 4.86. The molecule has 0 unspecified atom stereocenters. The number of aliphatic carboxylic acids is 1. The van der Waals surface area contributed by atoms with Gasteiger partial charge in [0.05, 0.1) is 11.8 Å². The van der Waals surface area contributed by atoms with Crippen LogP contribution in [0.15, 0.2) is 24.3 Å². The third kappa shape index (κ3) is 2.04. The quantitative estimate of drug-likeness (QED) is 0.710. The number of likely N-dealkylation sites (tertiary alicyclic amines) is 1. The molecule has 0 radical (unpaired) electrons. The number of amides is 2. The van der Waals surface area contributed by atoms with E-state index < -0.39 is 41.2 Å². The Labute approximate surface area is 139 Å². The second-order valence-electron chi connectivity index (χ2n) is 6.83. The Bertz CT molecular complexity index is 731. The van der Waals surface area contributed by atoms with E-state index in [9.17, 15) is 24.6 Å². The van der Waals surface area contributed by atoms with E-state index in [4.69, 9.17) is 0 Å². The van der Waals surface area contributed by atoms with E-state index >= 15 is 0 Å². The van der Waals surface area contributed by atoms with Gasteiger partial charge in [-0.05, 0) is 26.8 Å². The van der Waals surface area contributed by atoms with Gasteiger partial charge in [-0.15, -0.1) is 0 Å². The molecule has 128 valence electrons. The molecular formula is C17H20N2O5. The molecule has 0 aromatic heterocycles. The molecule has 2 amide bonds. The van der Waals surface area contributed by atoms with Crippen LogP contribution in [-0.4, -0.2) is 44.5 Å². The first-order chi connectivity index (χ1) is 11.2. The Hall–Kier alpha value is -2.41. The number of aromatic hydroxyl groups is 1. The summed E-state index contributed by atoms with van der Waals surface area (Å²) in [7, 11) is 0. The van der Waals surface area contributed by atoms with Crippen molar-refractivity contribution in [2.24, 2.45) is 11.8 Å². The van der Waals surface area contributed by atoms with Crippen molar-refractivity contribution in [3.05, 3.63) is 29.8 Å². The molecule has 2 aliphatic rings. The molecule has 4 atom stereocenters. The van der Waals surface area contributed by atoms with E-state index in [1.807, 2.05) is 0 Å². The highest BCUT2D eigenvalue weighted by Crippen LogP contribution is 2.50. The number of imide groups is 1. The van der Waals surface area contributed by atoms with Crippen LogP contribution in [-0.2, 0) is 14.4 Å². The van der Waals surface area contributed by atoms with Crippen LogP contribution >= 0.6 is 0 Å². The predicted molar refractivity (Wildman–Crippen MR) is 84.0 cm³/mol. The van der Waals surface area contributed by atoms with Crippen LogP contribution < -0.4 is 5.32 Å². The van der Waals surface area contributed by atoms with Gasteiger partial charge in [-0.3, -0.25) is 24.6 Å². The molecule has 0 saturated carbocycles. The maximum Gasteiger partial charge on any atom is 0.324 e. The number of benzene rings is 1. The fraction of sp³-hybridized carbons (Fsp3) is 0.471. The summed E-state index contributed by atoms with van der Waals surface area (Å²) < 4.78 is 0. The molecule has 0 aliphatic carbocycles. The molecule has 1 aromatic rings. The maximum absolute atomic E-state index is 12.8. The lowest BCUT2D eigenvalue weighted by Crippen LogP contribution is -2.54. The Kier molecular flexibility index (Phi) is 3.64. The summed E-state index contributed by atoms with van der Waals surface area (Å²) in [4.78, 5) is 38.6. The zero-order chi connectivity index (χ0) is 17.8. The second kappa shape index (κ2) is 5.31. The lowest BCUT2D eigenvalue weighted by molar-refractivity contribution is -0.151. The number of phenolic OH excluding ortho intramolecular Hbond substituents is 1. The minimum Gasteiger partial charge on any atom is -0.508 e. The molecule has 2 heterocycles. The Balaban J connectivity index is 2.15. The van der Waals surface area contributed by atoms with E-state index in [0.717, 1.165) is 4.90 Å². The van der Waals surface area contributed by atoms with Crippen molar-refractivity contribution in [1.82, 2.24) is 10.2 Å². The van der Waals surface area contributed by atoms with Crippen LogP contribution in [0.4, 0.5) is 0 Å². The van der Waals surface area contributed by atoms with Crippen LogP contribution in [0.5, 0.6) is 5.75 Å². The summed E-state index contributed by atoms with van der Waals surface area (Å²) in [5, 5.41) is 22.7. The summed E-state index contributed by atoms with van der Waals surface area (Å²) in [5.41, 5.74) is -1.15. The molecule has 2 fully saturated rings. The smallest absolute Gasteiger partial charge is 0.324 e. The highest BCUT2D eigenvalue weighted by molar-refractivity contribution is 6.09. The van der Waals surface area contributed by atoms with Crippen molar-refractivity contribution >= 4 is 17.8 Å². The Morgan fingerprint density at radius 1 is 1.25 bits per heavy atom. The van der Waals surface area contributed by atoms with Crippen LogP contribution in [0.2, 0.25) is 0 Å². The van der Waals surface area contributed by atoms with Crippen molar-refractivity contribution in [3.63, 3.8) is 0 Å². The average Bonchev–Trinajstić information content (AvgIpc) is 2.95. The largest absolute Gasteiger partial charge is 0.508 e. The number of phenols is 1. The van der Waals surface area contributed by atoms with Gasteiger partial charge in [0, 0.05) is 17.6 Å². The van der Waals surface area contributed by atoms with Crippen molar-refractivity contribution in [2.45, 2.75) is 38.4 Å². The molecule has 0 bridgehead atoms. The van der Waals surface area contributed by atoms with Gasteiger partial charge in [0.2, 0.25) is 11.8 Å². The van der Waals surface area contributed by atoms with Crippen LogP contribution in [0.25, 0.3) is 0 Å². The highest BCUT2D eigenvalue weighted by Gasteiger charge is 2.67. The average molecular weight is 332 g/mol. The van der Waals surface area contributed by atoms with E-state index in [-0.39, 0.29) is 11.8 Å². The zero-order valence-corrected chi connectivity index (χ0v) is 13.7. The predicted octanol–water partition coefficient (Wildman–Crippen LogP) is 0.889. The minimum absolute atomic E-state index is 0.0355. The monoisotopic (exact) mass is 332 g/mol. The number of carboxylic acids is 1. The Morgan fingerprint density at radius 2 is 1.88 bits per heavy atom. The van der Waals surface area contributed by atoms with Crippen LogP contribution in [0.3, 0.4) is 0 Å².